The average molecular weight is 338 g/mol. The third-order valence-corrected chi connectivity index (χ3v) is 4.81. The van der Waals surface area contributed by atoms with Crippen LogP contribution < -0.4 is 0 Å². The van der Waals surface area contributed by atoms with E-state index < -0.39 is 0 Å². The molecule has 1 fully saturated rings. The molecule has 0 aliphatic carbocycles. The summed E-state index contributed by atoms with van der Waals surface area (Å²) in [5.74, 6) is 1.14. The largest absolute Gasteiger partial charge is 0.303 e. The average Bonchev–Trinajstić information content (AvgIpc) is 2.69. The highest BCUT2D eigenvalue weighted by atomic mass is 79.9. The molecule has 0 N–H and O–H groups in total. The van der Waals surface area contributed by atoms with Crippen molar-refractivity contribution in [3.8, 4) is 0 Å². The van der Waals surface area contributed by atoms with Gasteiger partial charge < -0.3 is 4.90 Å². The first-order valence-corrected chi connectivity index (χ1v) is 8.49. The Hall–Kier alpha value is -0.670. The van der Waals surface area contributed by atoms with E-state index in [4.69, 9.17) is 0 Å². The van der Waals surface area contributed by atoms with E-state index in [2.05, 4.69) is 27.8 Å². The molecule has 1 saturated heterocycles. The molecule has 20 heavy (non-hydrogen) atoms. The van der Waals surface area contributed by atoms with Gasteiger partial charge >= 0.3 is 0 Å². The quantitative estimate of drug-likeness (QED) is 0.735. The summed E-state index contributed by atoms with van der Waals surface area (Å²) in [6.45, 7) is 5.51. The van der Waals surface area contributed by atoms with Crippen LogP contribution in [0.1, 0.15) is 49.4 Å². The molecule has 1 heterocycles. The molecule has 2 nitrogen and oxygen atoms in total. The van der Waals surface area contributed by atoms with E-state index >= 15 is 0 Å². The molecule has 110 valence electrons. The van der Waals surface area contributed by atoms with Crippen LogP contribution in [0, 0.1) is 5.92 Å². The summed E-state index contributed by atoms with van der Waals surface area (Å²) in [6, 6.07) is 7.70. The summed E-state index contributed by atoms with van der Waals surface area (Å²) in [4.78, 5) is 14.7. The summed E-state index contributed by atoms with van der Waals surface area (Å²) in [6.07, 6.45) is 5.86. The lowest BCUT2D eigenvalue weighted by atomic mass is 9.98. The van der Waals surface area contributed by atoms with E-state index in [-0.39, 0.29) is 5.78 Å². The van der Waals surface area contributed by atoms with Gasteiger partial charge in [-0.1, -0.05) is 41.4 Å². The van der Waals surface area contributed by atoms with Crippen molar-refractivity contribution in [3.63, 3.8) is 0 Å². The third-order valence-electron chi connectivity index (χ3n) is 4.32. The highest BCUT2D eigenvalue weighted by Gasteiger charge is 2.16. The summed E-state index contributed by atoms with van der Waals surface area (Å²) < 4.78 is 0.976. The highest BCUT2D eigenvalue weighted by molar-refractivity contribution is 9.10. The minimum Gasteiger partial charge on any atom is -0.303 e. The molecule has 1 aromatic carbocycles. The molecule has 0 amide bonds. The number of nitrogens with zero attached hydrogens (tertiary/aromatic N) is 1. The first-order chi connectivity index (χ1) is 9.69. The number of carbonyl (C=O) groups is 1. The number of hydrogen-bond donors (Lipinski definition) is 0. The zero-order chi connectivity index (χ0) is 14.4. The van der Waals surface area contributed by atoms with Crippen molar-refractivity contribution in [1.82, 2.24) is 4.90 Å². The van der Waals surface area contributed by atoms with Crippen LogP contribution in [-0.4, -0.2) is 30.3 Å². The van der Waals surface area contributed by atoms with Gasteiger partial charge in [-0.2, -0.15) is 0 Å². The van der Waals surface area contributed by atoms with Crippen LogP contribution in [0.4, 0.5) is 0 Å². The number of likely N-dealkylation sites (tertiary alicyclic amines) is 1. The van der Waals surface area contributed by atoms with Gasteiger partial charge in [0.05, 0.1) is 0 Å². The maximum Gasteiger partial charge on any atom is 0.164 e. The van der Waals surface area contributed by atoms with E-state index in [0.717, 1.165) is 35.6 Å². The predicted molar refractivity (Wildman–Crippen MR) is 87.2 cm³/mol. The lowest BCUT2D eigenvalue weighted by Crippen LogP contribution is -2.27. The minimum atomic E-state index is 0.252. The Kier molecular flexibility index (Phi) is 6.24. The maximum absolute atomic E-state index is 12.2. The van der Waals surface area contributed by atoms with Gasteiger partial charge in [0.1, 0.15) is 0 Å². The van der Waals surface area contributed by atoms with Crippen molar-refractivity contribution in [3.05, 3.63) is 34.3 Å². The number of benzene rings is 1. The third kappa shape index (κ3) is 4.71. The molecule has 0 aromatic heterocycles. The lowest BCUT2D eigenvalue weighted by Gasteiger charge is -2.19. The van der Waals surface area contributed by atoms with Crippen molar-refractivity contribution in [2.45, 2.75) is 39.0 Å². The summed E-state index contributed by atoms with van der Waals surface area (Å²) >= 11 is 3.42. The molecule has 0 radical (unpaired) electrons. The normalized spacial score (nSPS) is 20.6. The lowest BCUT2D eigenvalue weighted by molar-refractivity contribution is 0.0964. The van der Waals surface area contributed by atoms with Crippen molar-refractivity contribution in [1.29, 1.82) is 0 Å². The van der Waals surface area contributed by atoms with Crippen LogP contribution >= 0.6 is 15.9 Å². The Balaban J connectivity index is 1.81. The summed E-state index contributed by atoms with van der Waals surface area (Å²) in [5, 5.41) is 0. The fourth-order valence-corrected chi connectivity index (χ4v) is 3.32. The molecular weight excluding hydrogens is 314 g/mol. The van der Waals surface area contributed by atoms with Crippen molar-refractivity contribution in [2.75, 3.05) is 19.6 Å². The Morgan fingerprint density at radius 2 is 2.20 bits per heavy atom. The van der Waals surface area contributed by atoms with Crippen LogP contribution in [0.3, 0.4) is 0 Å². The zero-order valence-corrected chi connectivity index (χ0v) is 13.9. The standard InChI is InChI=1S/C17H24BrNO/c1-2-14-5-4-10-19(11-8-14)12-9-17(20)15-6-3-7-16(18)13-15/h3,6-7,13-14H,2,4-5,8-12H2,1H3. The molecule has 1 aliphatic rings. The van der Waals surface area contributed by atoms with Crippen LogP contribution in [-0.2, 0) is 0 Å². The molecule has 0 bridgehead atoms. The summed E-state index contributed by atoms with van der Waals surface area (Å²) in [5.41, 5.74) is 0.820. The topological polar surface area (TPSA) is 20.3 Å². The molecular formula is C17H24BrNO. The van der Waals surface area contributed by atoms with Crippen LogP contribution in [0.15, 0.2) is 28.7 Å². The van der Waals surface area contributed by atoms with Crippen molar-refractivity contribution >= 4 is 21.7 Å². The van der Waals surface area contributed by atoms with Gasteiger partial charge in [-0.15, -0.1) is 0 Å². The second-order valence-corrected chi connectivity index (χ2v) is 6.65. The molecule has 0 spiro atoms. The van der Waals surface area contributed by atoms with E-state index in [1.807, 2.05) is 24.3 Å². The number of halogens is 1. The number of Topliss-reactive ketones (excluding diaryl/α,β-unsaturated/α-hetero) is 1. The Morgan fingerprint density at radius 1 is 1.35 bits per heavy atom. The van der Waals surface area contributed by atoms with Crippen molar-refractivity contribution in [2.24, 2.45) is 5.92 Å². The van der Waals surface area contributed by atoms with Gasteiger partial charge in [0, 0.05) is 23.0 Å². The number of rotatable bonds is 5. The SMILES string of the molecule is CCC1CCCN(CCC(=O)c2cccc(Br)c2)CC1. The van der Waals surface area contributed by atoms with Crippen LogP contribution in [0.2, 0.25) is 0 Å². The van der Waals surface area contributed by atoms with E-state index in [9.17, 15) is 4.79 Å². The molecule has 1 unspecified atom stereocenters. The molecule has 2 rings (SSSR count). The Bertz CT molecular complexity index is 446. The van der Waals surface area contributed by atoms with Gasteiger partial charge in [-0.25, -0.2) is 0 Å². The van der Waals surface area contributed by atoms with E-state index in [1.54, 1.807) is 0 Å². The molecule has 3 heteroatoms. The predicted octanol–water partition coefficient (Wildman–Crippen LogP) is 4.53. The van der Waals surface area contributed by atoms with E-state index in [1.165, 1.54) is 25.7 Å². The first kappa shape index (κ1) is 15.7. The van der Waals surface area contributed by atoms with Gasteiger partial charge in [-0.3, -0.25) is 4.79 Å². The minimum absolute atomic E-state index is 0.252. The molecule has 1 atom stereocenters. The van der Waals surface area contributed by atoms with Gasteiger partial charge in [-0.05, 0) is 50.4 Å². The molecule has 0 saturated carbocycles. The second-order valence-electron chi connectivity index (χ2n) is 5.73. The number of hydrogen-bond acceptors (Lipinski definition) is 2. The van der Waals surface area contributed by atoms with Crippen LogP contribution in [0.25, 0.3) is 0 Å². The monoisotopic (exact) mass is 337 g/mol. The van der Waals surface area contributed by atoms with Crippen LogP contribution in [0.5, 0.6) is 0 Å². The second kappa shape index (κ2) is 7.94. The summed E-state index contributed by atoms with van der Waals surface area (Å²) in [7, 11) is 0. The molecule has 1 aromatic rings. The van der Waals surface area contributed by atoms with Crippen molar-refractivity contribution < 1.29 is 4.79 Å². The highest BCUT2D eigenvalue weighted by Crippen LogP contribution is 2.20. The Morgan fingerprint density at radius 3 is 2.95 bits per heavy atom. The molecule has 1 aliphatic heterocycles. The van der Waals surface area contributed by atoms with Gasteiger partial charge in [0.2, 0.25) is 0 Å². The van der Waals surface area contributed by atoms with E-state index in [0.29, 0.717) is 6.42 Å². The Labute approximate surface area is 130 Å². The fraction of sp³-hybridized carbons (Fsp3) is 0.588. The maximum atomic E-state index is 12.2. The zero-order valence-electron chi connectivity index (χ0n) is 12.3. The number of carbonyl (C=O) groups excluding carboxylic acids is 1. The smallest absolute Gasteiger partial charge is 0.164 e. The van der Waals surface area contributed by atoms with Gasteiger partial charge in [0.25, 0.3) is 0 Å². The first-order valence-electron chi connectivity index (χ1n) is 7.70. The fourth-order valence-electron chi connectivity index (χ4n) is 2.92. The number of ketones is 1. The van der Waals surface area contributed by atoms with Gasteiger partial charge in [0.15, 0.2) is 5.78 Å².